The number of carbonyl (C=O) groups excluding carboxylic acids is 4. The van der Waals surface area contributed by atoms with Crippen molar-refractivity contribution >= 4 is 91.7 Å². The largest absolute Gasteiger partial charge is 0.504 e. The van der Waals surface area contributed by atoms with E-state index in [9.17, 15) is 52.9 Å². The fraction of sp³-hybridized carbons (Fsp3) is 0.241. The van der Waals surface area contributed by atoms with Gasteiger partial charge in [-0.15, -0.1) is 0 Å². The number of nitro benzene ring substituents is 2. The molecule has 114 heavy (non-hydrogen) atoms. The number of phenolic OH excluding ortho intramolecular Hbond substituents is 1. The van der Waals surface area contributed by atoms with E-state index in [-0.39, 0.29) is 97.1 Å². The van der Waals surface area contributed by atoms with Gasteiger partial charge in [0.2, 0.25) is 0 Å². The number of para-hydroxylation sites is 4. The summed E-state index contributed by atoms with van der Waals surface area (Å²) in [6, 6.07) is 54.3. The maximum Gasteiger partial charge on any atom is 0.270 e. The number of benzene rings is 10. The molecule has 578 valence electrons. The second kappa shape index (κ2) is 30.8. The third-order valence-electron chi connectivity index (χ3n) is 21.7. The molecule has 0 unspecified atom stereocenters. The van der Waals surface area contributed by atoms with Crippen LogP contribution in [-0.4, -0.2) is 111 Å². The molecule has 26 nitrogen and oxygen atoms in total. The van der Waals surface area contributed by atoms with Crippen LogP contribution in [0.15, 0.2) is 192 Å². The highest BCUT2D eigenvalue weighted by Gasteiger charge is 2.42. The summed E-state index contributed by atoms with van der Waals surface area (Å²) in [7, 11) is 0.751. The van der Waals surface area contributed by atoms with E-state index in [4.69, 9.17) is 37.6 Å². The Kier molecular flexibility index (Phi) is 20.2. The molecular weight excluding hydrogens is 1480 g/mol. The van der Waals surface area contributed by atoms with Crippen molar-refractivity contribution in [3.8, 4) is 40.2 Å². The molecule has 0 spiro atoms. The van der Waals surface area contributed by atoms with Crippen LogP contribution in [0, 0.1) is 27.2 Å². The highest BCUT2D eigenvalue weighted by atomic mass is 32.2. The molecule has 10 aromatic carbocycles. The van der Waals surface area contributed by atoms with E-state index < -0.39 is 20.0 Å². The summed E-state index contributed by atoms with van der Waals surface area (Å²) >= 11 is 0. The van der Waals surface area contributed by atoms with Crippen LogP contribution in [-0.2, 0) is 79.3 Å². The van der Waals surface area contributed by atoms with Crippen LogP contribution in [0.3, 0.4) is 0 Å². The topological polar surface area (TPSA) is 311 Å². The van der Waals surface area contributed by atoms with Crippen molar-refractivity contribution < 1.29 is 75.2 Å². The Morgan fingerprint density at radius 1 is 0.430 bits per heavy atom. The molecular formula is C87H76N8O18S. The molecule has 10 aromatic rings. The number of anilines is 4. The number of non-ortho nitro benzene ring substituents is 2. The summed E-state index contributed by atoms with van der Waals surface area (Å²) in [5.41, 5.74) is 15.5. The third-order valence-corrected chi connectivity index (χ3v) is 22.3. The second-order valence-electron chi connectivity index (χ2n) is 29.0. The Bertz CT molecular complexity index is 5830. The maximum atomic E-state index is 13.9. The number of methoxy groups -OCH3 is 3. The first-order valence-electron chi connectivity index (χ1n) is 37.1. The number of fused-ring (bicyclic) bond motifs is 16. The molecule has 0 fully saturated rings. The molecule has 0 saturated heterocycles. The number of amides is 4. The molecule has 0 aromatic heterocycles. The highest BCUT2D eigenvalue weighted by molar-refractivity contribution is 7.85. The van der Waals surface area contributed by atoms with Gasteiger partial charge in [-0.05, 0) is 179 Å². The predicted molar refractivity (Wildman–Crippen MR) is 427 cm³/mol. The lowest BCUT2D eigenvalue weighted by atomic mass is 9.99. The van der Waals surface area contributed by atoms with Crippen LogP contribution >= 0.6 is 0 Å². The van der Waals surface area contributed by atoms with Crippen molar-refractivity contribution in [3.63, 3.8) is 0 Å². The van der Waals surface area contributed by atoms with E-state index in [2.05, 4.69) is 17.1 Å². The van der Waals surface area contributed by atoms with Gasteiger partial charge in [0.05, 0.1) is 78.6 Å². The van der Waals surface area contributed by atoms with E-state index in [1.54, 1.807) is 58.5 Å². The number of aliphatic imine (C=N–C) groups is 2. The first kappa shape index (κ1) is 74.8. The minimum absolute atomic E-state index is 0.0198. The zero-order valence-corrected chi connectivity index (χ0v) is 63.5. The lowest BCUT2D eigenvalue weighted by Gasteiger charge is -2.23. The number of carbonyl (C=O) groups is 4. The molecule has 0 bridgehead atoms. The Morgan fingerprint density at radius 3 is 1.22 bits per heavy atom. The molecule has 4 amide bonds. The molecule has 8 aliphatic rings. The number of nitro groups is 2. The van der Waals surface area contributed by atoms with Crippen molar-refractivity contribution in [1.82, 2.24) is 0 Å². The molecule has 8 heterocycles. The summed E-state index contributed by atoms with van der Waals surface area (Å²) in [6.07, 6.45) is 10.6. The van der Waals surface area contributed by atoms with Gasteiger partial charge in [0.25, 0.3) is 45.1 Å². The van der Waals surface area contributed by atoms with Gasteiger partial charge in [-0.25, -0.2) is 0 Å². The Morgan fingerprint density at radius 2 is 0.798 bits per heavy atom. The van der Waals surface area contributed by atoms with Gasteiger partial charge >= 0.3 is 0 Å². The first-order valence-corrected chi connectivity index (χ1v) is 38.9. The molecule has 4 atom stereocenters. The van der Waals surface area contributed by atoms with Crippen LogP contribution in [0.5, 0.6) is 40.2 Å². The first-order chi connectivity index (χ1) is 55.1. The number of rotatable bonds is 17. The van der Waals surface area contributed by atoms with E-state index >= 15 is 0 Å². The number of nitrogens with zero attached hydrogens (tertiary/aromatic N) is 8. The highest BCUT2D eigenvalue weighted by Crippen LogP contribution is 2.46. The van der Waals surface area contributed by atoms with Gasteiger partial charge in [-0.3, -0.25) is 63.4 Å². The number of ether oxygens (including phenoxy) is 6. The zero-order chi connectivity index (χ0) is 79.4. The van der Waals surface area contributed by atoms with E-state index in [1.807, 2.05) is 120 Å². The SMILES string of the molecule is COc1cc2c(cc1O)N=C[C@@H]1Cc3ccccc3N1C2=O.COc1cc2c(cc1OCc1cc(COS(C)(=O)=O)cc([N+](=O)[O-])c1)CC[C@@H]1Cc3ccccc3N1C2=O.COc1cc2c(cc1OCc1cc(COc3cc4c(cc3C)C(=O)N3c5ccccc5C[C@H]3C=N4)cc([N+](=O)[O-])c1)CC[C@@H]1Cc3ccccc3N1C2=O. The molecule has 27 heteroatoms. The van der Waals surface area contributed by atoms with Gasteiger partial charge < -0.3 is 43.3 Å². The van der Waals surface area contributed by atoms with Crippen molar-refractivity contribution in [3.05, 3.63) is 286 Å². The van der Waals surface area contributed by atoms with E-state index in [0.717, 1.165) is 88.9 Å². The molecule has 0 radical (unpaired) electrons. The fourth-order valence-electron chi connectivity index (χ4n) is 16.4. The quantitative estimate of drug-likeness (QED) is 0.0503. The molecule has 0 saturated carbocycles. The minimum Gasteiger partial charge on any atom is -0.504 e. The van der Waals surface area contributed by atoms with Crippen LogP contribution < -0.4 is 48.0 Å². The summed E-state index contributed by atoms with van der Waals surface area (Å²) in [6.45, 7) is 1.55. The Labute approximate surface area is 655 Å². The van der Waals surface area contributed by atoms with Gasteiger partial charge in [-0.2, -0.15) is 8.42 Å². The zero-order valence-electron chi connectivity index (χ0n) is 62.6. The average molecular weight is 1550 g/mol. The normalized spacial score (nSPS) is 17.4. The number of aryl methyl sites for hydroxylation is 3. The van der Waals surface area contributed by atoms with Crippen molar-refractivity contribution in [2.75, 3.05) is 47.2 Å². The molecule has 0 aliphatic carbocycles. The second-order valence-corrected chi connectivity index (χ2v) is 30.6. The van der Waals surface area contributed by atoms with E-state index in [0.29, 0.717) is 104 Å². The predicted octanol–water partition coefficient (Wildman–Crippen LogP) is 14.7. The fourth-order valence-corrected chi connectivity index (χ4v) is 16.7. The van der Waals surface area contributed by atoms with Crippen LogP contribution in [0.4, 0.5) is 45.5 Å². The van der Waals surface area contributed by atoms with Crippen LogP contribution in [0.2, 0.25) is 0 Å². The Hall–Kier alpha value is -13.3. The van der Waals surface area contributed by atoms with Crippen molar-refractivity contribution in [2.24, 2.45) is 9.98 Å². The van der Waals surface area contributed by atoms with Crippen molar-refractivity contribution in [2.45, 2.75) is 109 Å². The van der Waals surface area contributed by atoms with Crippen molar-refractivity contribution in [1.29, 1.82) is 0 Å². The van der Waals surface area contributed by atoms with Gasteiger partial charge in [0, 0.05) is 108 Å². The number of phenols is 1. The molecule has 1 N–H and O–H groups in total. The van der Waals surface area contributed by atoms with Gasteiger partial charge in [0.15, 0.2) is 34.5 Å². The van der Waals surface area contributed by atoms with Gasteiger partial charge in [0.1, 0.15) is 25.6 Å². The lowest BCUT2D eigenvalue weighted by molar-refractivity contribution is -0.385. The maximum absolute atomic E-state index is 13.9. The standard InChI is InChI=1S/C43H36N4O7.C27H26N2O8S.C17H14N2O3/c1-25-13-35-36(44-22-33-18-30-8-4-6-10-38(30)46(33)43(35)49)21-39(25)53-23-26-14-27(16-32(15-26)47(50)51)24-54-41-19-28-11-12-31-17-29-7-3-5-9-37(29)45(31)42(48)34(28)20-40(41)52-2;1-35-25-14-23-19(7-8-21-12-20-5-3-4-6-24(20)28(21)27(23)30)13-26(25)36-15-17-9-18(16-37-38(2,33)34)11-22(10-17)29(31)32;1-22-16-7-12-13(8-15(16)20)18-9-11-6-10-4-2-3-5-14(10)19(11)17(12)21/h3-10,13-16,19-22,31,33H,11-12,17-18,23-24H2,1-2H3;3-6,9-11,13-14,21H,7-8,12,15-16H2,1-2H3;2-5,7-9,11,20H,6H2,1H3/t31-,33+;21-;11-/m110/s1. The number of hydrogen-bond donors (Lipinski definition) is 1. The van der Waals surface area contributed by atoms with Crippen LogP contribution in [0.25, 0.3) is 0 Å². The summed E-state index contributed by atoms with van der Waals surface area (Å²) in [4.78, 5) is 93.1. The average Bonchev–Trinajstić information content (AvgIpc) is 1.53. The van der Waals surface area contributed by atoms with E-state index in [1.165, 1.54) is 62.8 Å². The lowest BCUT2D eigenvalue weighted by Crippen LogP contribution is -2.37. The molecule has 8 aliphatic heterocycles. The summed E-state index contributed by atoms with van der Waals surface area (Å²) in [5, 5.41) is 33.3. The third kappa shape index (κ3) is 14.6. The van der Waals surface area contributed by atoms with Crippen LogP contribution in [0.1, 0.15) is 115 Å². The minimum atomic E-state index is -3.72. The smallest absolute Gasteiger partial charge is 0.270 e. The summed E-state index contributed by atoms with van der Waals surface area (Å²) in [5.74, 6) is 2.05. The molecule has 18 rings (SSSR count). The monoisotopic (exact) mass is 1550 g/mol. The number of aromatic hydroxyl groups is 1. The summed E-state index contributed by atoms with van der Waals surface area (Å²) < 4.78 is 62.3. The number of hydrogen-bond acceptors (Lipinski definition) is 20. The Balaban J connectivity index is 0.000000141. The van der Waals surface area contributed by atoms with Gasteiger partial charge in [-0.1, -0.05) is 72.8 Å².